The molecule has 0 aliphatic heterocycles. The molecule has 0 aromatic carbocycles. The standard InChI is InChI=1S/C4H9O5P/c1-3-9-10(7,8-2)4(5)6/h3H2,1-2H3,(H,5,6). The average Bonchev–Trinajstić information content (AvgIpc) is 1.88. The highest BCUT2D eigenvalue weighted by Crippen LogP contribution is 2.47. The molecule has 1 atom stereocenters. The first kappa shape index (κ1) is 9.62. The van der Waals surface area contributed by atoms with Crippen molar-refractivity contribution in [2.24, 2.45) is 0 Å². The Morgan fingerprint density at radius 2 is 2.20 bits per heavy atom. The van der Waals surface area contributed by atoms with Crippen LogP contribution in [-0.2, 0) is 13.6 Å². The van der Waals surface area contributed by atoms with Crippen LogP contribution in [0.3, 0.4) is 0 Å². The molecule has 6 heteroatoms. The summed E-state index contributed by atoms with van der Waals surface area (Å²) in [6, 6.07) is 0. The Morgan fingerprint density at radius 3 is 2.30 bits per heavy atom. The van der Waals surface area contributed by atoms with Gasteiger partial charge in [-0.1, -0.05) is 0 Å². The van der Waals surface area contributed by atoms with E-state index in [1.54, 1.807) is 0 Å². The number of hydrogen-bond donors (Lipinski definition) is 1. The lowest BCUT2D eigenvalue weighted by molar-refractivity contribution is 0.190. The fourth-order valence-electron chi connectivity index (χ4n) is 0.356. The topological polar surface area (TPSA) is 72.8 Å². The first-order valence-electron chi connectivity index (χ1n) is 2.60. The number of carboxylic acid groups (broad SMARTS) is 1. The Labute approximate surface area is 58.5 Å². The van der Waals surface area contributed by atoms with E-state index >= 15 is 0 Å². The van der Waals surface area contributed by atoms with Gasteiger partial charge in [-0.2, -0.15) is 0 Å². The van der Waals surface area contributed by atoms with Gasteiger partial charge in [0.05, 0.1) is 6.61 Å². The zero-order valence-corrected chi connectivity index (χ0v) is 6.63. The molecular weight excluding hydrogens is 159 g/mol. The van der Waals surface area contributed by atoms with Crippen molar-refractivity contribution in [3.63, 3.8) is 0 Å². The van der Waals surface area contributed by atoms with E-state index in [0.29, 0.717) is 0 Å². The molecule has 0 aliphatic rings. The minimum atomic E-state index is -3.86. The Kier molecular flexibility index (Phi) is 3.57. The van der Waals surface area contributed by atoms with Crippen molar-refractivity contribution in [3.8, 4) is 0 Å². The molecule has 0 aromatic rings. The van der Waals surface area contributed by atoms with E-state index in [0.717, 1.165) is 7.11 Å². The van der Waals surface area contributed by atoms with E-state index in [4.69, 9.17) is 5.11 Å². The number of carbonyl (C=O) groups is 1. The summed E-state index contributed by atoms with van der Waals surface area (Å²) in [5.41, 5.74) is -1.56. The molecule has 0 aliphatic carbocycles. The minimum Gasteiger partial charge on any atom is -0.472 e. The molecule has 1 N–H and O–H groups in total. The number of rotatable bonds is 4. The lowest BCUT2D eigenvalue weighted by atomic mass is 10.9. The summed E-state index contributed by atoms with van der Waals surface area (Å²) in [6.45, 7) is 1.59. The maximum Gasteiger partial charge on any atom is 0.437 e. The lowest BCUT2D eigenvalue weighted by Gasteiger charge is -2.08. The maximum atomic E-state index is 10.8. The Bertz CT molecular complexity index is 165. The van der Waals surface area contributed by atoms with E-state index < -0.39 is 13.3 Å². The average molecular weight is 168 g/mol. The van der Waals surface area contributed by atoms with Crippen molar-refractivity contribution >= 4 is 13.3 Å². The van der Waals surface area contributed by atoms with Gasteiger partial charge >= 0.3 is 13.3 Å². The van der Waals surface area contributed by atoms with Gasteiger partial charge in [-0.3, -0.25) is 0 Å². The smallest absolute Gasteiger partial charge is 0.437 e. The van der Waals surface area contributed by atoms with Gasteiger partial charge in [0.1, 0.15) is 0 Å². The molecule has 0 bridgehead atoms. The fourth-order valence-corrected chi connectivity index (χ4v) is 1.07. The van der Waals surface area contributed by atoms with Crippen molar-refractivity contribution in [1.82, 2.24) is 0 Å². The monoisotopic (exact) mass is 168 g/mol. The normalized spacial score (nSPS) is 16.2. The summed E-state index contributed by atoms with van der Waals surface area (Å²) in [4.78, 5) is 10.1. The van der Waals surface area contributed by atoms with Crippen LogP contribution in [0.25, 0.3) is 0 Å². The molecule has 0 amide bonds. The first-order valence-corrected chi connectivity index (χ1v) is 4.15. The molecule has 5 nitrogen and oxygen atoms in total. The van der Waals surface area contributed by atoms with Crippen molar-refractivity contribution in [2.75, 3.05) is 13.7 Å². The van der Waals surface area contributed by atoms with E-state index in [-0.39, 0.29) is 6.61 Å². The van der Waals surface area contributed by atoms with Crippen molar-refractivity contribution in [3.05, 3.63) is 0 Å². The maximum absolute atomic E-state index is 10.8. The molecule has 0 radical (unpaired) electrons. The van der Waals surface area contributed by atoms with Crippen molar-refractivity contribution < 1.29 is 23.5 Å². The molecule has 0 spiro atoms. The minimum absolute atomic E-state index is 0.0530. The SMILES string of the molecule is CCOP(=O)(OC)C(=O)O. The van der Waals surface area contributed by atoms with E-state index in [1.165, 1.54) is 6.92 Å². The van der Waals surface area contributed by atoms with Crippen LogP contribution >= 0.6 is 7.60 Å². The third-order valence-corrected chi connectivity index (χ3v) is 2.32. The molecule has 60 valence electrons. The van der Waals surface area contributed by atoms with Gasteiger partial charge in [0.15, 0.2) is 0 Å². The third kappa shape index (κ3) is 2.10. The summed E-state index contributed by atoms with van der Waals surface area (Å²) < 4.78 is 19.4. The molecule has 10 heavy (non-hydrogen) atoms. The van der Waals surface area contributed by atoms with Gasteiger partial charge in [-0.25, -0.2) is 9.36 Å². The zero-order valence-electron chi connectivity index (χ0n) is 5.73. The van der Waals surface area contributed by atoms with E-state index in [1.807, 2.05) is 0 Å². The van der Waals surface area contributed by atoms with Crippen LogP contribution in [0, 0.1) is 0 Å². The van der Waals surface area contributed by atoms with Crippen molar-refractivity contribution in [2.45, 2.75) is 6.92 Å². The second-order valence-electron chi connectivity index (χ2n) is 1.38. The van der Waals surface area contributed by atoms with E-state index in [9.17, 15) is 9.36 Å². The quantitative estimate of drug-likeness (QED) is 0.644. The van der Waals surface area contributed by atoms with Crippen LogP contribution in [0.4, 0.5) is 4.79 Å². The van der Waals surface area contributed by atoms with Crippen LogP contribution in [0.2, 0.25) is 0 Å². The third-order valence-electron chi connectivity index (χ3n) is 0.774. The molecule has 0 saturated heterocycles. The van der Waals surface area contributed by atoms with Crippen LogP contribution in [-0.4, -0.2) is 24.5 Å². The van der Waals surface area contributed by atoms with Crippen LogP contribution in [0.1, 0.15) is 6.92 Å². The van der Waals surface area contributed by atoms with Gasteiger partial charge in [-0.05, 0) is 6.92 Å². The summed E-state index contributed by atoms with van der Waals surface area (Å²) >= 11 is 0. The zero-order chi connectivity index (χ0) is 8.20. The molecule has 0 aromatic heterocycles. The lowest BCUT2D eigenvalue weighted by Crippen LogP contribution is -2.01. The van der Waals surface area contributed by atoms with Gasteiger partial charge in [-0.15, -0.1) is 0 Å². The highest BCUT2D eigenvalue weighted by molar-refractivity contribution is 7.71. The molecule has 0 heterocycles. The van der Waals surface area contributed by atoms with Crippen LogP contribution in [0.5, 0.6) is 0 Å². The largest absolute Gasteiger partial charge is 0.472 e. The molecular formula is C4H9O5P. The van der Waals surface area contributed by atoms with Gasteiger partial charge < -0.3 is 14.2 Å². The van der Waals surface area contributed by atoms with E-state index in [2.05, 4.69) is 9.05 Å². The predicted octanol–water partition coefficient (Wildman–Crippen LogP) is 1.54. The summed E-state index contributed by atoms with van der Waals surface area (Å²) in [7, 11) is -2.82. The van der Waals surface area contributed by atoms with Gasteiger partial charge in [0.2, 0.25) is 0 Å². The Morgan fingerprint density at radius 1 is 1.70 bits per heavy atom. The highest BCUT2D eigenvalue weighted by atomic mass is 31.2. The van der Waals surface area contributed by atoms with Crippen LogP contribution in [0.15, 0.2) is 0 Å². The Hall–Kier alpha value is -0.380. The Balaban J connectivity index is 4.25. The second-order valence-corrected chi connectivity index (χ2v) is 3.38. The van der Waals surface area contributed by atoms with Gasteiger partial charge in [0.25, 0.3) is 0 Å². The van der Waals surface area contributed by atoms with Crippen LogP contribution < -0.4 is 0 Å². The second kappa shape index (κ2) is 3.71. The van der Waals surface area contributed by atoms with Gasteiger partial charge in [0, 0.05) is 7.11 Å². The number of hydrogen-bond acceptors (Lipinski definition) is 4. The highest BCUT2D eigenvalue weighted by Gasteiger charge is 2.32. The molecule has 0 fully saturated rings. The first-order chi connectivity index (χ1) is 4.56. The molecule has 0 saturated carbocycles. The molecule has 1 unspecified atom stereocenters. The summed E-state index contributed by atoms with van der Waals surface area (Å²) in [5, 5.41) is 8.25. The summed E-state index contributed by atoms with van der Waals surface area (Å²) in [6.07, 6.45) is 0. The predicted molar refractivity (Wildman–Crippen MR) is 34.3 cm³/mol. The van der Waals surface area contributed by atoms with Crippen molar-refractivity contribution in [1.29, 1.82) is 0 Å². The fraction of sp³-hybridized carbons (Fsp3) is 0.750. The molecule has 0 rings (SSSR count). The summed E-state index contributed by atoms with van der Waals surface area (Å²) in [5.74, 6) is 0.